The zero-order valence-electron chi connectivity index (χ0n) is 9.93. The predicted octanol–water partition coefficient (Wildman–Crippen LogP) is 2.71. The van der Waals surface area contributed by atoms with Gasteiger partial charge < -0.3 is 4.74 Å². The lowest BCUT2D eigenvalue weighted by molar-refractivity contribution is 0.414. The van der Waals surface area contributed by atoms with Gasteiger partial charge in [-0.3, -0.25) is 4.98 Å². The van der Waals surface area contributed by atoms with E-state index in [0.29, 0.717) is 16.2 Å². The number of rotatable bonds is 3. The third-order valence-electron chi connectivity index (χ3n) is 2.49. The van der Waals surface area contributed by atoms with Crippen LogP contribution in [0.25, 0.3) is 12.2 Å². The number of pyridine rings is 1. The second-order valence-electron chi connectivity index (χ2n) is 3.70. The fourth-order valence-electron chi connectivity index (χ4n) is 1.56. The van der Waals surface area contributed by atoms with Gasteiger partial charge in [0.2, 0.25) is 0 Å². The Morgan fingerprint density at radius 1 is 1.28 bits per heavy atom. The van der Waals surface area contributed by atoms with Gasteiger partial charge in [-0.15, -0.1) is 0 Å². The van der Waals surface area contributed by atoms with E-state index in [-0.39, 0.29) is 0 Å². The van der Waals surface area contributed by atoms with E-state index in [9.17, 15) is 0 Å². The van der Waals surface area contributed by atoms with Gasteiger partial charge >= 0.3 is 0 Å². The van der Waals surface area contributed by atoms with Crippen LogP contribution in [-0.4, -0.2) is 19.9 Å². The fourth-order valence-corrected chi connectivity index (χ4v) is 1.72. The Kier molecular flexibility index (Phi) is 4.05. The van der Waals surface area contributed by atoms with Crippen molar-refractivity contribution in [1.82, 2.24) is 4.98 Å². The molecular weight excluding hydrogens is 244 g/mol. The summed E-state index contributed by atoms with van der Waals surface area (Å²) in [7, 11) is 7.42. The highest BCUT2D eigenvalue weighted by atomic mass is 35.5. The summed E-state index contributed by atoms with van der Waals surface area (Å²) in [6.45, 7) is 0. The van der Waals surface area contributed by atoms with Gasteiger partial charge in [-0.25, -0.2) is 0 Å². The van der Waals surface area contributed by atoms with Gasteiger partial charge in [0.15, 0.2) is 0 Å². The number of hydrogen-bond acceptors (Lipinski definition) is 2. The maximum absolute atomic E-state index is 5.90. The Bertz CT molecular complexity index is 584. The summed E-state index contributed by atoms with van der Waals surface area (Å²) in [4.78, 5) is 4.19. The van der Waals surface area contributed by atoms with Crippen molar-refractivity contribution in [3.8, 4) is 5.75 Å². The van der Waals surface area contributed by atoms with Gasteiger partial charge in [0.05, 0.1) is 12.8 Å². The lowest BCUT2D eigenvalue weighted by Gasteiger charge is -2.05. The summed E-state index contributed by atoms with van der Waals surface area (Å²) >= 11 is 5.90. The molecule has 0 bridgehead atoms. The molecule has 2 radical (unpaired) electrons. The zero-order valence-corrected chi connectivity index (χ0v) is 10.7. The smallest absolute Gasteiger partial charge is 0.127 e. The Morgan fingerprint density at radius 3 is 2.83 bits per heavy atom. The molecule has 1 aromatic carbocycles. The van der Waals surface area contributed by atoms with E-state index in [1.807, 2.05) is 30.4 Å². The average Bonchev–Trinajstić information content (AvgIpc) is 2.39. The van der Waals surface area contributed by atoms with Crippen LogP contribution in [-0.2, 0) is 0 Å². The molecule has 0 aliphatic rings. The summed E-state index contributed by atoms with van der Waals surface area (Å²) in [5.74, 6) is 0.716. The second kappa shape index (κ2) is 5.74. The normalized spacial score (nSPS) is 10.8. The van der Waals surface area contributed by atoms with Gasteiger partial charge in [0.25, 0.3) is 0 Å². The first kappa shape index (κ1) is 12.7. The maximum atomic E-state index is 5.90. The molecule has 0 amide bonds. The van der Waals surface area contributed by atoms with E-state index in [2.05, 4.69) is 4.98 Å². The molecule has 0 fully saturated rings. The van der Waals surface area contributed by atoms with Crippen molar-refractivity contribution < 1.29 is 4.74 Å². The number of benzene rings is 1. The fraction of sp³-hybridized carbons (Fsp3) is 0.0714. The molecule has 0 aliphatic heterocycles. The van der Waals surface area contributed by atoms with E-state index in [0.717, 1.165) is 11.3 Å². The van der Waals surface area contributed by atoms with Gasteiger partial charge in [-0.2, -0.15) is 0 Å². The van der Waals surface area contributed by atoms with Crippen molar-refractivity contribution in [2.45, 2.75) is 0 Å². The molecule has 2 nitrogen and oxygen atoms in total. The molecule has 0 N–H and O–H groups in total. The number of nitrogens with zero attached hydrogens (tertiary/aromatic N) is 1. The monoisotopic (exact) mass is 255 g/mol. The number of aromatic nitrogens is 1. The number of hydrogen-bond donors (Lipinski definition) is 0. The largest absolute Gasteiger partial charge is 0.496 e. The first-order chi connectivity index (χ1) is 8.70. The molecule has 0 unspecified atom stereocenters. The topological polar surface area (TPSA) is 22.1 Å². The van der Waals surface area contributed by atoms with Crippen LogP contribution < -0.4 is 10.2 Å². The molecule has 2 aromatic rings. The van der Waals surface area contributed by atoms with Crippen molar-refractivity contribution in [3.63, 3.8) is 0 Å². The Balaban J connectivity index is 2.32. The summed E-state index contributed by atoms with van der Waals surface area (Å²) < 4.78 is 5.26. The second-order valence-corrected chi connectivity index (χ2v) is 4.13. The van der Waals surface area contributed by atoms with Gasteiger partial charge in [-0.1, -0.05) is 23.1 Å². The van der Waals surface area contributed by atoms with E-state index in [1.54, 1.807) is 25.4 Å². The summed E-state index contributed by atoms with van der Waals surface area (Å²) in [5.41, 5.74) is 2.29. The summed E-state index contributed by atoms with van der Waals surface area (Å²) in [6, 6.07) is 9.08. The molecule has 18 heavy (non-hydrogen) atoms. The number of methoxy groups -OCH3 is 1. The standard InChI is InChI=1S/C14H11BClNO/c1-18-14-9-11(16)6-4-10(14)5-7-13-12(15)3-2-8-17-13/h2-9H,1H3/b7-5-. The Morgan fingerprint density at radius 2 is 2.11 bits per heavy atom. The average molecular weight is 256 g/mol. The summed E-state index contributed by atoms with van der Waals surface area (Å²) in [5, 5.41) is 0.640. The van der Waals surface area contributed by atoms with E-state index < -0.39 is 0 Å². The predicted molar refractivity (Wildman–Crippen MR) is 76.6 cm³/mol. The maximum Gasteiger partial charge on any atom is 0.127 e. The van der Waals surface area contributed by atoms with Crippen molar-refractivity contribution in [2.75, 3.05) is 7.11 Å². The molecule has 1 heterocycles. The lowest BCUT2D eigenvalue weighted by atomic mass is 9.94. The number of halogens is 1. The molecule has 2 rings (SSSR count). The van der Waals surface area contributed by atoms with Crippen molar-refractivity contribution >= 4 is 37.1 Å². The first-order valence-electron chi connectivity index (χ1n) is 5.43. The van der Waals surface area contributed by atoms with Crippen LogP contribution >= 0.6 is 11.6 Å². The third-order valence-corrected chi connectivity index (χ3v) is 2.72. The zero-order chi connectivity index (χ0) is 13.0. The highest BCUT2D eigenvalue weighted by molar-refractivity contribution is 6.34. The van der Waals surface area contributed by atoms with Crippen molar-refractivity contribution in [1.29, 1.82) is 0 Å². The van der Waals surface area contributed by atoms with Gasteiger partial charge in [0, 0.05) is 16.8 Å². The van der Waals surface area contributed by atoms with Crippen molar-refractivity contribution in [2.24, 2.45) is 0 Å². The molecule has 1 aromatic heterocycles. The van der Waals surface area contributed by atoms with Crippen LogP contribution in [0.15, 0.2) is 36.5 Å². The molecule has 0 aliphatic carbocycles. The SMILES string of the molecule is [B]c1cccnc1/C=C\c1ccc(Cl)cc1OC. The minimum Gasteiger partial charge on any atom is -0.496 e. The van der Waals surface area contributed by atoms with E-state index in [1.165, 1.54) is 0 Å². The molecule has 4 heteroatoms. The van der Waals surface area contributed by atoms with Crippen LogP contribution in [0.5, 0.6) is 5.75 Å². The quantitative estimate of drug-likeness (QED) is 0.787. The molecule has 0 saturated heterocycles. The molecular formula is C14H11BClNO. The molecule has 88 valence electrons. The minimum atomic E-state index is 0.640. The van der Waals surface area contributed by atoms with Crippen LogP contribution in [0.3, 0.4) is 0 Å². The van der Waals surface area contributed by atoms with Gasteiger partial charge in [0.1, 0.15) is 13.6 Å². The van der Waals surface area contributed by atoms with E-state index >= 15 is 0 Å². The van der Waals surface area contributed by atoms with Crippen LogP contribution in [0, 0.1) is 0 Å². The van der Waals surface area contributed by atoms with Crippen LogP contribution in [0.4, 0.5) is 0 Å². The highest BCUT2D eigenvalue weighted by Crippen LogP contribution is 2.24. The van der Waals surface area contributed by atoms with Crippen LogP contribution in [0.2, 0.25) is 5.02 Å². The van der Waals surface area contributed by atoms with E-state index in [4.69, 9.17) is 24.2 Å². The third kappa shape index (κ3) is 2.93. The lowest BCUT2D eigenvalue weighted by Crippen LogP contribution is -2.07. The summed E-state index contributed by atoms with van der Waals surface area (Å²) in [6.07, 6.45) is 5.45. The molecule has 0 atom stereocenters. The Labute approximate surface area is 113 Å². The minimum absolute atomic E-state index is 0.640. The van der Waals surface area contributed by atoms with Crippen molar-refractivity contribution in [3.05, 3.63) is 52.8 Å². The number of ether oxygens (including phenoxy) is 1. The Hall–Kier alpha value is -1.74. The molecule has 0 saturated carbocycles. The molecule has 0 spiro atoms. The van der Waals surface area contributed by atoms with Gasteiger partial charge in [-0.05, 0) is 36.4 Å². The van der Waals surface area contributed by atoms with Crippen LogP contribution in [0.1, 0.15) is 11.3 Å². The first-order valence-corrected chi connectivity index (χ1v) is 5.80. The highest BCUT2D eigenvalue weighted by Gasteiger charge is 2.00.